The highest BCUT2D eigenvalue weighted by Crippen LogP contribution is 2.68. The van der Waals surface area contributed by atoms with Crippen molar-refractivity contribution in [3.8, 4) is 0 Å². The third kappa shape index (κ3) is 5.74. The van der Waals surface area contributed by atoms with Gasteiger partial charge in [-0.05, 0) is 104 Å². The average molecular weight is 663 g/mol. The van der Waals surface area contributed by atoms with Crippen molar-refractivity contribution in [1.82, 2.24) is 0 Å². The maximum Gasteiger partial charge on any atom is 0.186 e. The van der Waals surface area contributed by atoms with Crippen LogP contribution in [0, 0.1) is 29.1 Å². The number of hydrogen-bond donors (Lipinski definition) is 1. The Morgan fingerprint density at radius 1 is 0.896 bits per heavy atom. The van der Waals surface area contributed by atoms with Crippen LogP contribution in [0.4, 0.5) is 0 Å². The van der Waals surface area contributed by atoms with Gasteiger partial charge in [0.2, 0.25) is 0 Å². The predicted molar refractivity (Wildman–Crippen MR) is 193 cm³/mol. The Morgan fingerprint density at radius 3 is 2.06 bits per heavy atom. The second-order valence-corrected chi connectivity index (χ2v) is 16.3. The van der Waals surface area contributed by atoms with E-state index in [1.165, 1.54) is 17.3 Å². The van der Waals surface area contributed by atoms with Crippen molar-refractivity contribution < 1.29 is 19.4 Å². The lowest BCUT2D eigenvalue weighted by molar-refractivity contribution is -0.136. The number of hydrogen-bond acceptors (Lipinski definition) is 5. The number of ketones is 1. The first-order chi connectivity index (χ1) is 23.3. The molecule has 0 bridgehead atoms. The highest BCUT2D eigenvalue weighted by Gasteiger charge is 2.65. The van der Waals surface area contributed by atoms with Crippen molar-refractivity contribution in [2.24, 2.45) is 29.1 Å². The van der Waals surface area contributed by atoms with Crippen LogP contribution < -0.4 is 0 Å². The summed E-state index contributed by atoms with van der Waals surface area (Å²) in [6.07, 6.45) is 10.7. The number of allylic oxidation sites excluding steroid dienone is 1. The molecule has 0 spiro atoms. The van der Waals surface area contributed by atoms with Crippen LogP contribution in [0.1, 0.15) is 94.7 Å². The molecule has 252 valence electrons. The largest absolute Gasteiger partial charge is 0.389 e. The van der Waals surface area contributed by atoms with Crippen LogP contribution >= 0.6 is 11.8 Å². The topological polar surface area (TPSA) is 63.6 Å². The first-order valence-electron chi connectivity index (χ1n) is 18.2. The number of fused-ring (bicyclic) bond motifs is 5. The molecule has 5 heteroatoms. The Hall–Kier alpha value is -2.99. The predicted octanol–water partition coefficient (Wildman–Crippen LogP) is 9.30. The molecule has 0 radical (unpaired) electrons. The smallest absolute Gasteiger partial charge is 0.186 e. The molecule has 4 aliphatic rings. The van der Waals surface area contributed by atoms with Crippen molar-refractivity contribution in [1.29, 1.82) is 0 Å². The molecule has 7 atom stereocenters. The molecule has 0 aliphatic heterocycles. The maximum absolute atomic E-state index is 12.8. The van der Waals surface area contributed by atoms with E-state index < -0.39 is 11.2 Å². The van der Waals surface area contributed by atoms with Gasteiger partial charge in [0.1, 0.15) is 5.60 Å². The van der Waals surface area contributed by atoms with Crippen LogP contribution in [-0.4, -0.2) is 33.5 Å². The number of benzene rings is 3. The van der Waals surface area contributed by atoms with E-state index in [4.69, 9.17) is 4.74 Å². The molecular weight excluding hydrogens is 613 g/mol. The van der Waals surface area contributed by atoms with Gasteiger partial charge < -0.3 is 9.84 Å². The minimum atomic E-state index is -0.767. The second-order valence-electron chi connectivity index (χ2n) is 14.9. The summed E-state index contributed by atoms with van der Waals surface area (Å²) in [5, 5.41) is 13.1. The lowest BCUT2D eigenvalue weighted by Crippen LogP contribution is -2.56. The molecule has 3 aromatic rings. The van der Waals surface area contributed by atoms with Crippen LogP contribution in [0.2, 0.25) is 0 Å². The molecular formula is C43H50O4S. The first-order valence-corrected chi connectivity index (χ1v) is 19.1. The monoisotopic (exact) mass is 662 g/mol. The van der Waals surface area contributed by atoms with E-state index >= 15 is 0 Å². The van der Waals surface area contributed by atoms with Crippen molar-refractivity contribution >= 4 is 22.7 Å². The zero-order valence-corrected chi connectivity index (χ0v) is 29.3. The van der Waals surface area contributed by atoms with Gasteiger partial charge in [-0.1, -0.05) is 115 Å². The molecule has 3 saturated carbocycles. The summed E-state index contributed by atoms with van der Waals surface area (Å²) in [6, 6.07) is 31.5. The average Bonchev–Trinajstić information content (AvgIpc) is 3.41. The molecule has 3 fully saturated rings. The SMILES string of the molecule is CC[C@]12CC[C@H]3[C@@H]([C@H](SC(C)=O)CC4=CC(=O)CC[C@@H]43)[C@@H]1CC[C@@]2(O)CCCOC(c1ccccc1)(c1ccccc1)c1ccccc1. The quantitative estimate of drug-likeness (QED) is 0.173. The third-order valence-electron chi connectivity index (χ3n) is 12.8. The summed E-state index contributed by atoms with van der Waals surface area (Å²) >= 11 is 1.50. The molecule has 4 aliphatic carbocycles. The van der Waals surface area contributed by atoms with E-state index in [1.54, 1.807) is 6.92 Å². The lowest BCUT2D eigenvalue weighted by Gasteiger charge is -2.58. The Bertz CT molecular complexity index is 1520. The summed E-state index contributed by atoms with van der Waals surface area (Å²) in [5.74, 6) is 1.98. The van der Waals surface area contributed by atoms with Gasteiger partial charge in [-0.2, -0.15) is 0 Å². The molecule has 0 amide bonds. The fraction of sp³-hybridized carbons (Fsp3) is 0.488. The Morgan fingerprint density at radius 2 is 1.50 bits per heavy atom. The molecule has 0 unspecified atom stereocenters. The molecule has 4 nitrogen and oxygen atoms in total. The third-order valence-corrected chi connectivity index (χ3v) is 14.0. The molecule has 0 saturated heterocycles. The lowest BCUT2D eigenvalue weighted by atomic mass is 9.49. The van der Waals surface area contributed by atoms with Crippen molar-refractivity contribution in [2.45, 2.75) is 94.5 Å². The van der Waals surface area contributed by atoms with Gasteiger partial charge in [-0.25, -0.2) is 0 Å². The van der Waals surface area contributed by atoms with Crippen LogP contribution in [0.25, 0.3) is 0 Å². The van der Waals surface area contributed by atoms with Crippen molar-refractivity contribution in [3.63, 3.8) is 0 Å². The number of rotatable bonds is 10. The van der Waals surface area contributed by atoms with E-state index in [9.17, 15) is 14.7 Å². The van der Waals surface area contributed by atoms with E-state index in [0.29, 0.717) is 43.1 Å². The minimum absolute atomic E-state index is 0.162. The summed E-state index contributed by atoms with van der Waals surface area (Å²) < 4.78 is 7.12. The number of aliphatic hydroxyl groups is 1. The summed E-state index contributed by atoms with van der Waals surface area (Å²) in [4.78, 5) is 25.0. The number of carbonyl (C=O) groups is 2. The standard InChI is InChI=1S/C43H50O4S/c1-3-41-25-22-37-36-21-20-35(45)28-31(36)29-39(48-30(2)44)40(37)38(41)23-26-42(41,46)24-13-27-47-43(32-14-7-4-8-15-32,33-16-9-5-10-17-33)34-18-11-6-12-19-34/h4-12,14-19,28,36-40,46H,3,13,20-27,29H2,1-2H3/t36-,37+,38-,39+,40+,41-,42-/m0/s1. The zero-order valence-electron chi connectivity index (χ0n) is 28.5. The van der Waals surface area contributed by atoms with Gasteiger partial charge in [0, 0.05) is 30.6 Å². The van der Waals surface area contributed by atoms with Gasteiger partial charge in [0.25, 0.3) is 0 Å². The van der Waals surface area contributed by atoms with Gasteiger partial charge in [-0.3, -0.25) is 9.59 Å². The van der Waals surface area contributed by atoms with E-state index in [2.05, 4.69) is 79.7 Å². The zero-order chi connectivity index (χ0) is 33.4. The molecule has 1 N–H and O–H groups in total. The Balaban J connectivity index is 1.15. The second kappa shape index (κ2) is 13.7. The normalized spacial score (nSPS) is 31.4. The molecule has 3 aromatic carbocycles. The number of thioether (sulfide) groups is 1. The van der Waals surface area contributed by atoms with Gasteiger partial charge >= 0.3 is 0 Å². The highest BCUT2D eigenvalue weighted by atomic mass is 32.2. The highest BCUT2D eigenvalue weighted by molar-refractivity contribution is 8.14. The van der Waals surface area contributed by atoms with Crippen molar-refractivity contribution in [3.05, 3.63) is 119 Å². The number of ether oxygens (including phenoxy) is 1. The number of carbonyl (C=O) groups excluding carboxylic acids is 2. The van der Waals surface area contributed by atoms with Crippen LogP contribution in [0.15, 0.2) is 103 Å². The fourth-order valence-electron chi connectivity index (χ4n) is 10.9. The maximum atomic E-state index is 12.8. The molecule has 0 heterocycles. The fourth-order valence-corrected chi connectivity index (χ4v) is 12.2. The van der Waals surface area contributed by atoms with Gasteiger partial charge in [0.05, 0.1) is 5.60 Å². The summed E-state index contributed by atoms with van der Waals surface area (Å²) in [7, 11) is 0. The Labute approximate surface area is 290 Å². The first kappa shape index (κ1) is 33.5. The molecule has 0 aromatic heterocycles. The Kier molecular flexibility index (Phi) is 9.58. The molecule has 7 rings (SSSR count). The van der Waals surface area contributed by atoms with Gasteiger partial charge in [-0.15, -0.1) is 0 Å². The molecule has 48 heavy (non-hydrogen) atoms. The van der Waals surface area contributed by atoms with E-state index in [1.807, 2.05) is 24.3 Å². The van der Waals surface area contributed by atoms with Gasteiger partial charge in [0.15, 0.2) is 10.9 Å². The van der Waals surface area contributed by atoms with Crippen molar-refractivity contribution in [2.75, 3.05) is 6.61 Å². The summed E-state index contributed by atoms with van der Waals surface area (Å²) in [6.45, 7) is 4.49. The minimum Gasteiger partial charge on any atom is -0.389 e. The summed E-state index contributed by atoms with van der Waals surface area (Å²) in [5.41, 5.74) is 2.87. The van der Waals surface area contributed by atoms with E-state index in [0.717, 1.165) is 68.1 Å². The van der Waals surface area contributed by atoms with Crippen LogP contribution in [-0.2, 0) is 19.9 Å². The van der Waals surface area contributed by atoms with E-state index in [-0.39, 0.29) is 21.6 Å². The van der Waals surface area contributed by atoms with Crippen LogP contribution in [0.5, 0.6) is 0 Å². The van der Waals surface area contributed by atoms with Crippen LogP contribution in [0.3, 0.4) is 0 Å².